The molecule has 4 heteroatoms. The third kappa shape index (κ3) is 4.62. The molecule has 0 atom stereocenters. The summed E-state index contributed by atoms with van der Waals surface area (Å²) in [4.78, 5) is 12.0. The lowest BCUT2D eigenvalue weighted by molar-refractivity contribution is 0.0343. The van der Waals surface area contributed by atoms with Crippen LogP contribution in [0.25, 0.3) is 0 Å². The summed E-state index contributed by atoms with van der Waals surface area (Å²) >= 11 is 0. The van der Waals surface area contributed by atoms with E-state index < -0.39 is 0 Å². The van der Waals surface area contributed by atoms with Gasteiger partial charge in [-0.1, -0.05) is 17.2 Å². The molecule has 0 saturated carbocycles. The molecule has 1 heterocycles. The average molecular weight is 276 g/mol. The molecule has 20 heavy (non-hydrogen) atoms. The molecule has 0 aromatic heterocycles. The van der Waals surface area contributed by atoms with Crippen LogP contribution in [0.1, 0.15) is 34.3 Å². The van der Waals surface area contributed by atoms with E-state index in [0.717, 1.165) is 42.6 Å². The van der Waals surface area contributed by atoms with Crippen molar-refractivity contribution in [2.75, 3.05) is 26.2 Å². The maximum Gasteiger partial charge on any atom is 0.251 e. The molecule has 0 unspecified atom stereocenters. The minimum atomic E-state index is -0.0225. The van der Waals surface area contributed by atoms with Crippen LogP contribution in [0.2, 0.25) is 0 Å². The van der Waals surface area contributed by atoms with Crippen molar-refractivity contribution in [1.29, 1.82) is 0 Å². The summed E-state index contributed by atoms with van der Waals surface area (Å²) in [5.74, 6) is -0.0225. The van der Waals surface area contributed by atoms with Crippen molar-refractivity contribution in [3.8, 4) is 0 Å². The Balaban J connectivity index is 1.71. The van der Waals surface area contributed by atoms with E-state index in [1.165, 1.54) is 0 Å². The standard InChI is InChI=1S/C16H24N2O2/c1-12-9-13(2)11-14(10-12)16(19)18-7-8-20-15-3-5-17-6-4-15/h9-11,15,17H,3-8H2,1-2H3,(H,18,19). The number of benzene rings is 1. The van der Waals surface area contributed by atoms with E-state index in [0.29, 0.717) is 19.3 Å². The van der Waals surface area contributed by atoms with Crippen LogP contribution in [0, 0.1) is 13.8 Å². The molecule has 1 aromatic carbocycles. The fourth-order valence-corrected chi connectivity index (χ4v) is 2.56. The Hall–Kier alpha value is -1.39. The number of piperidine rings is 1. The molecular weight excluding hydrogens is 252 g/mol. The molecule has 110 valence electrons. The molecule has 1 aliphatic heterocycles. The van der Waals surface area contributed by atoms with E-state index in [-0.39, 0.29) is 5.91 Å². The van der Waals surface area contributed by atoms with Gasteiger partial charge in [0.2, 0.25) is 0 Å². The molecule has 0 spiro atoms. The maximum absolute atomic E-state index is 12.0. The fourth-order valence-electron chi connectivity index (χ4n) is 2.56. The summed E-state index contributed by atoms with van der Waals surface area (Å²) in [6, 6.07) is 5.89. The summed E-state index contributed by atoms with van der Waals surface area (Å²) in [5, 5.41) is 6.22. The van der Waals surface area contributed by atoms with Gasteiger partial charge in [0.25, 0.3) is 5.91 Å². The van der Waals surface area contributed by atoms with E-state index in [2.05, 4.69) is 16.7 Å². The van der Waals surface area contributed by atoms with E-state index in [1.54, 1.807) is 0 Å². The first-order valence-electron chi connectivity index (χ1n) is 7.34. The normalized spacial score (nSPS) is 16.1. The average Bonchev–Trinajstić information content (AvgIpc) is 2.43. The first-order valence-corrected chi connectivity index (χ1v) is 7.34. The van der Waals surface area contributed by atoms with Gasteiger partial charge < -0.3 is 15.4 Å². The summed E-state index contributed by atoms with van der Waals surface area (Å²) in [6.07, 6.45) is 2.46. The highest BCUT2D eigenvalue weighted by Gasteiger charge is 2.13. The van der Waals surface area contributed by atoms with Crippen LogP contribution in [0.5, 0.6) is 0 Å². The first kappa shape index (κ1) is 15.0. The maximum atomic E-state index is 12.0. The van der Waals surface area contributed by atoms with Crippen LogP contribution in [0.15, 0.2) is 18.2 Å². The number of carbonyl (C=O) groups is 1. The molecule has 0 radical (unpaired) electrons. The molecule has 1 saturated heterocycles. The van der Waals surface area contributed by atoms with Gasteiger partial charge in [-0.3, -0.25) is 4.79 Å². The number of ether oxygens (including phenoxy) is 1. The quantitative estimate of drug-likeness (QED) is 0.806. The second-order valence-corrected chi connectivity index (χ2v) is 5.45. The van der Waals surface area contributed by atoms with Crippen molar-refractivity contribution >= 4 is 5.91 Å². The number of nitrogens with one attached hydrogen (secondary N) is 2. The number of hydrogen-bond acceptors (Lipinski definition) is 3. The van der Waals surface area contributed by atoms with Crippen molar-refractivity contribution in [2.24, 2.45) is 0 Å². The summed E-state index contributed by atoms with van der Waals surface area (Å²) < 4.78 is 5.76. The second kappa shape index (κ2) is 7.41. The lowest BCUT2D eigenvalue weighted by Gasteiger charge is -2.22. The highest BCUT2D eigenvalue weighted by Crippen LogP contribution is 2.09. The molecule has 0 aliphatic carbocycles. The molecule has 1 fully saturated rings. The smallest absolute Gasteiger partial charge is 0.251 e. The van der Waals surface area contributed by atoms with E-state index >= 15 is 0 Å². The molecule has 2 rings (SSSR count). The van der Waals surface area contributed by atoms with Crippen LogP contribution < -0.4 is 10.6 Å². The van der Waals surface area contributed by atoms with Gasteiger partial charge in [0.1, 0.15) is 0 Å². The minimum absolute atomic E-state index is 0.0225. The van der Waals surface area contributed by atoms with Gasteiger partial charge in [0, 0.05) is 12.1 Å². The Bertz CT molecular complexity index is 434. The third-order valence-electron chi connectivity index (χ3n) is 3.51. The topological polar surface area (TPSA) is 50.4 Å². The van der Waals surface area contributed by atoms with E-state index in [1.807, 2.05) is 26.0 Å². The Labute approximate surface area is 120 Å². The zero-order valence-corrected chi connectivity index (χ0v) is 12.4. The van der Waals surface area contributed by atoms with Crippen LogP contribution >= 0.6 is 0 Å². The summed E-state index contributed by atoms with van der Waals surface area (Å²) in [5.41, 5.74) is 2.95. The van der Waals surface area contributed by atoms with Crippen LogP contribution in [0.3, 0.4) is 0 Å². The lowest BCUT2D eigenvalue weighted by atomic mass is 10.1. The van der Waals surface area contributed by atoms with Gasteiger partial charge in [-0.2, -0.15) is 0 Å². The summed E-state index contributed by atoms with van der Waals surface area (Å²) in [7, 11) is 0. The predicted molar refractivity (Wildman–Crippen MR) is 80.1 cm³/mol. The van der Waals surface area contributed by atoms with Crippen molar-refractivity contribution < 1.29 is 9.53 Å². The largest absolute Gasteiger partial charge is 0.376 e. The fraction of sp³-hybridized carbons (Fsp3) is 0.562. The number of carbonyl (C=O) groups excluding carboxylic acids is 1. The van der Waals surface area contributed by atoms with Gasteiger partial charge in [-0.25, -0.2) is 0 Å². The van der Waals surface area contributed by atoms with Crippen LogP contribution in [-0.4, -0.2) is 38.3 Å². The van der Waals surface area contributed by atoms with Gasteiger partial charge in [0.15, 0.2) is 0 Å². The SMILES string of the molecule is Cc1cc(C)cc(C(=O)NCCOC2CCNCC2)c1. The number of rotatable bonds is 5. The molecule has 4 nitrogen and oxygen atoms in total. The summed E-state index contributed by atoms with van der Waals surface area (Å²) in [6.45, 7) is 7.21. The Kier molecular flexibility index (Phi) is 5.56. The molecule has 1 aliphatic rings. The monoisotopic (exact) mass is 276 g/mol. The predicted octanol–water partition coefficient (Wildman–Crippen LogP) is 1.80. The Morgan fingerprint density at radius 2 is 1.90 bits per heavy atom. The molecule has 2 N–H and O–H groups in total. The highest BCUT2D eigenvalue weighted by molar-refractivity contribution is 5.94. The molecule has 1 aromatic rings. The zero-order chi connectivity index (χ0) is 14.4. The third-order valence-corrected chi connectivity index (χ3v) is 3.51. The van der Waals surface area contributed by atoms with Crippen molar-refractivity contribution in [2.45, 2.75) is 32.8 Å². The number of hydrogen-bond donors (Lipinski definition) is 2. The van der Waals surface area contributed by atoms with Crippen molar-refractivity contribution in [3.63, 3.8) is 0 Å². The molecule has 0 bridgehead atoms. The van der Waals surface area contributed by atoms with E-state index in [9.17, 15) is 4.79 Å². The van der Waals surface area contributed by atoms with Gasteiger partial charge >= 0.3 is 0 Å². The highest BCUT2D eigenvalue weighted by atomic mass is 16.5. The first-order chi connectivity index (χ1) is 9.65. The number of aryl methyl sites for hydroxylation is 2. The van der Waals surface area contributed by atoms with E-state index in [4.69, 9.17) is 4.74 Å². The Morgan fingerprint density at radius 1 is 1.25 bits per heavy atom. The lowest BCUT2D eigenvalue weighted by Crippen LogP contribution is -2.34. The van der Waals surface area contributed by atoms with Crippen LogP contribution in [-0.2, 0) is 4.74 Å². The minimum Gasteiger partial charge on any atom is -0.376 e. The van der Waals surface area contributed by atoms with Gasteiger partial charge in [-0.15, -0.1) is 0 Å². The van der Waals surface area contributed by atoms with Gasteiger partial charge in [-0.05, 0) is 51.9 Å². The Morgan fingerprint density at radius 3 is 2.55 bits per heavy atom. The second-order valence-electron chi connectivity index (χ2n) is 5.45. The molecular formula is C16H24N2O2. The zero-order valence-electron chi connectivity index (χ0n) is 12.4. The van der Waals surface area contributed by atoms with Gasteiger partial charge in [0.05, 0.1) is 12.7 Å². The number of amides is 1. The van der Waals surface area contributed by atoms with Crippen LogP contribution in [0.4, 0.5) is 0 Å². The van der Waals surface area contributed by atoms with Crippen molar-refractivity contribution in [1.82, 2.24) is 10.6 Å². The van der Waals surface area contributed by atoms with Crippen molar-refractivity contribution in [3.05, 3.63) is 34.9 Å². The molecule has 1 amide bonds.